The van der Waals surface area contributed by atoms with Gasteiger partial charge in [0.2, 0.25) is 0 Å². The molecule has 0 bridgehead atoms. The zero-order valence-electron chi connectivity index (χ0n) is 15.4. The molecule has 142 valence electrons. The minimum absolute atomic E-state index is 0.0491. The zero-order valence-corrected chi connectivity index (χ0v) is 15.4. The highest BCUT2D eigenvalue weighted by molar-refractivity contribution is 5.83. The lowest BCUT2D eigenvalue weighted by Crippen LogP contribution is -2.44. The van der Waals surface area contributed by atoms with Gasteiger partial charge in [-0.2, -0.15) is 0 Å². The number of benzene rings is 1. The van der Waals surface area contributed by atoms with Crippen molar-refractivity contribution in [2.24, 2.45) is 0 Å². The van der Waals surface area contributed by atoms with Crippen molar-refractivity contribution in [3.8, 4) is 0 Å². The van der Waals surface area contributed by atoms with Crippen molar-refractivity contribution >= 4 is 17.7 Å². The molecule has 1 saturated heterocycles. The Morgan fingerprint density at radius 3 is 2.69 bits per heavy atom. The van der Waals surface area contributed by atoms with Crippen LogP contribution in [-0.4, -0.2) is 46.4 Å². The van der Waals surface area contributed by atoms with Gasteiger partial charge in [0, 0.05) is 6.42 Å². The summed E-state index contributed by atoms with van der Waals surface area (Å²) in [6.45, 7) is 5.30. The number of ether oxygens (including phenoxy) is 1. The summed E-state index contributed by atoms with van der Waals surface area (Å²) in [5.41, 5.74) is 5.27. The number of anilines is 1. The van der Waals surface area contributed by atoms with Gasteiger partial charge in [0.15, 0.2) is 0 Å². The molecule has 1 aliphatic heterocycles. The molecule has 1 aromatic carbocycles. The largest absolute Gasteiger partial charge is 0.444 e. The molecule has 1 unspecified atom stereocenters. The van der Waals surface area contributed by atoms with E-state index in [-0.39, 0.29) is 13.0 Å². The Bertz CT molecular complexity index is 698. The van der Waals surface area contributed by atoms with Crippen molar-refractivity contribution in [1.82, 2.24) is 4.90 Å². The van der Waals surface area contributed by atoms with Crippen LogP contribution in [0.15, 0.2) is 18.2 Å². The van der Waals surface area contributed by atoms with Gasteiger partial charge in [0.05, 0.1) is 18.3 Å². The smallest absolute Gasteiger partial charge is 0.411 e. The summed E-state index contributed by atoms with van der Waals surface area (Å²) < 4.78 is 5.31. The van der Waals surface area contributed by atoms with Gasteiger partial charge in [0.25, 0.3) is 0 Å². The van der Waals surface area contributed by atoms with Crippen LogP contribution in [0.4, 0.5) is 10.5 Å². The van der Waals surface area contributed by atoms with Crippen LogP contribution in [0.5, 0.6) is 0 Å². The van der Waals surface area contributed by atoms with Crippen molar-refractivity contribution in [3.05, 3.63) is 29.3 Å². The molecule has 1 aromatic rings. The molecule has 0 saturated carbocycles. The number of fused-ring (bicyclic) bond motifs is 1. The highest BCUT2D eigenvalue weighted by Crippen LogP contribution is 2.26. The van der Waals surface area contributed by atoms with Gasteiger partial charge in [-0.3, -0.25) is 4.90 Å². The van der Waals surface area contributed by atoms with Crippen molar-refractivity contribution in [1.29, 1.82) is 0 Å². The molecule has 3 rings (SSSR count). The Kier molecular flexibility index (Phi) is 5.09. The SMILES string of the molecule is CC(C)(C)OC(=O)N1CC(O)C[C@H]1C(=O)ONc1ccc2c(c1)CCC2. The van der Waals surface area contributed by atoms with Crippen molar-refractivity contribution in [2.45, 2.75) is 64.2 Å². The predicted octanol–water partition coefficient (Wildman–Crippen LogP) is 2.42. The second-order valence-electron chi connectivity index (χ2n) is 7.90. The second kappa shape index (κ2) is 7.15. The average Bonchev–Trinajstić information content (AvgIpc) is 3.16. The summed E-state index contributed by atoms with van der Waals surface area (Å²) in [4.78, 5) is 31.1. The predicted molar refractivity (Wildman–Crippen MR) is 95.5 cm³/mol. The van der Waals surface area contributed by atoms with E-state index in [9.17, 15) is 14.7 Å². The van der Waals surface area contributed by atoms with Crippen LogP contribution < -0.4 is 5.48 Å². The molecule has 7 heteroatoms. The summed E-state index contributed by atoms with van der Waals surface area (Å²) >= 11 is 0. The number of amides is 1. The lowest BCUT2D eigenvalue weighted by atomic mass is 10.1. The number of hydrogen-bond donors (Lipinski definition) is 2. The first-order valence-corrected chi connectivity index (χ1v) is 8.99. The third-order valence-corrected chi connectivity index (χ3v) is 4.55. The van der Waals surface area contributed by atoms with Crippen molar-refractivity contribution < 1.29 is 24.3 Å². The second-order valence-corrected chi connectivity index (χ2v) is 7.90. The van der Waals surface area contributed by atoms with Gasteiger partial charge < -0.3 is 14.7 Å². The van der Waals surface area contributed by atoms with Crippen molar-refractivity contribution in [3.63, 3.8) is 0 Å². The molecule has 2 atom stereocenters. The Morgan fingerprint density at radius 1 is 1.23 bits per heavy atom. The molecular formula is C19H26N2O5. The summed E-state index contributed by atoms with van der Waals surface area (Å²) in [6.07, 6.45) is 1.97. The van der Waals surface area contributed by atoms with Crippen LogP contribution >= 0.6 is 0 Å². The average molecular weight is 362 g/mol. The third kappa shape index (κ3) is 4.27. The fraction of sp³-hybridized carbons (Fsp3) is 0.579. The Balaban J connectivity index is 1.61. The number of nitrogens with one attached hydrogen (secondary N) is 1. The number of aliphatic hydroxyl groups excluding tert-OH is 1. The minimum Gasteiger partial charge on any atom is -0.444 e. The molecule has 2 N–H and O–H groups in total. The maximum atomic E-state index is 12.4. The fourth-order valence-corrected chi connectivity index (χ4v) is 3.37. The van der Waals surface area contributed by atoms with Crippen LogP contribution in [0.1, 0.15) is 44.7 Å². The van der Waals surface area contributed by atoms with Gasteiger partial charge in [-0.1, -0.05) is 6.07 Å². The van der Waals surface area contributed by atoms with E-state index in [0.29, 0.717) is 5.69 Å². The zero-order chi connectivity index (χ0) is 18.9. The van der Waals surface area contributed by atoms with E-state index in [1.165, 1.54) is 16.0 Å². The Labute approximate surface area is 153 Å². The quantitative estimate of drug-likeness (QED) is 0.803. The first-order valence-electron chi connectivity index (χ1n) is 8.99. The Hall–Kier alpha value is -2.28. The summed E-state index contributed by atoms with van der Waals surface area (Å²) in [5.74, 6) is -0.618. The van der Waals surface area contributed by atoms with E-state index in [2.05, 4.69) is 5.48 Å². The number of β-amino-alcohol motifs (C(OH)–C–C–N with tert-alkyl or cyclic N) is 1. The monoisotopic (exact) mass is 362 g/mol. The molecule has 0 radical (unpaired) electrons. The van der Waals surface area contributed by atoms with E-state index >= 15 is 0 Å². The van der Waals surface area contributed by atoms with Crippen LogP contribution in [-0.2, 0) is 27.2 Å². The Morgan fingerprint density at radius 2 is 1.96 bits per heavy atom. The molecule has 1 fully saturated rings. The lowest BCUT2D eigenvalue weighted by Gasteiger charge is -2.27. The maximum Gasteiger partial charge on any atom is 0.411 e. The van der Waals surface area contributed by atoms with Gasteiger partial charge in [0.1, 0.15) is 11.6 Å². The third-order valence-electron chi connectivity index (χ3n) is 4.55. The number of rotatable bonds is 3. The number of carbonyl (C=O) groups is 2. The van der Waals surface area contributed by atoms with Crippen molar-refractivity contribution in [2.75, 3.05) is 12.0 Å². The number of aliphatic hydroxyl groups is 1. The normalized spacial score (nSPS) is 22.1. The van der Waals surface area contributed by atoms with E-state index in [1.807, 2.05) is 18.2 Å². The maximum absolute atomic E-state index is 12.4. The van der Waals surface area contributed by atoms with Gasteiger partial charge in [-0.25, -0.2) is 15.1 Å². The van der Waals surface area contributed by atoms with Crippen LogP contribution in [0, 0.1) is 0 Å². The number of carbonyl (C=O) groups excluding carboxylic acids is 2. The lowest BCUT2D eigenvalue weighted by molar-refractivity contribution is -0.145. The first-order chi connectivity index (χ1) is 12.2. The molecule has 1 heterocycles. The van der Waals surface area contributed by atoms with Crippen LogP contribution in [0.2, 0.25) is 0 Å². The fourth-order valence-electron chi connectivity index (χ4n) is 3.37. The standard InChI is InChI=1S/C19H26N2O5/c1-19(2,3)25-18(24)21-11-15(22)10-16(21)17(23)26-20-14-8-7-12-5-4-6-13(12)9-14/h7-9,15-16,20,22H,4-6,10-11H2,1-3H3/t15?,16-/m0/s1. The molecule has 2 aliphatic rings. The highest BCUT2D eigenvalue weighted by Gasteiger charge is 2.42. The molecule has 1 aliphatic carbocycles. The molecule has 0 spiro atoms. The molecular weight excluding hydrogens is 336 g/mol. The number of aryl methyl sites for hydroxylation is 2. The minimum atomic E-state index is -0.873. The van der Waals surface area contributed by atoms with E-state index < -0.39 is 29.8 Å². The van der Waals surface area contributed by atoms with Gasteiger partial charge in [-0.15, -0.1) is 0 Å². The molecule has 7 nitrogen and oxygen atoms in total. The summed E-state index contributed by atoms with van der Waals surface area (Å²) in [6, 6.07) is 5.00. The molecule has 0 aromatic heterocycles. The van der Waals surface area contributed by atoms with E-state index in [4.69, 9.17) is 9.57 Å². The number of nitrogens with zero attached hydrogens (tertiary/aromatic N) is 1. The molecule has 1 amide bonds. The highest BCUT2D eigenvalue weighted by atomic mass is 16.7. The first kappa shape index (κ1) is 18.5. The molecule has 26 heavy (non-hydrogen) atoms. The van der Waals surface area contributed by atoms with Crippen LogP contribution in [0.25, 0.3) is 0 Å². The van der Waals surface area contributed by atoms with E-state index in [1.54, 1.807) is 20.8 Å². The summed E-state index contributed by atoms with van der Waals surface area (Å²) in [5, 5.41) is 9.88. The topological polar surface area (TPSA) is 88.1 Å². The number of likely N-dealkylation sites (tertiary alicyclic amines) is 1. The van der Waals surface area contributed by atoms with E-state index in [0.717, 1.165) is 19.3 Å². The van der Waals surface area contributed by atoms with Crippen LogP contribution in [0.3, 0.4) is 0 Å². The van der Waals surface area contributed by atoms with Gasteiger partial charge in [-0.05, 0) is 63.3 Å². The summed E-state index contributed by atoms with van der Waals surface area (Å²) in [7, 11) is 0. The van der Waals surface area contributed by atoms with Gasteiger partial charge >= 0.3 is 12.1 Å². The number of hydrogen-bond acceptors (Lipinski definition) is 6.